The summed E-state index contributed by atoms with van der Waals surface area (Å²) in [6.07, 6.45) is 5.25. The molecule has 0 spiro atoms. The fourth-order valence-electron chi connectivity index (χ4n) is 3.65. The second kappa shape index (κ2) is 10.2. The maximum Gasteiger partial charge on any atom is 0.331 e. The monoisotopic (exact) mass is 517 g/mol. The molecule has 3 aromatic carbocycles. The van der Waals surface area contributed by atoms with Crippen molar-refractivity contribution in [3.8, 4) is 0 Å². The summed E-state index contributed by atoms with van der Waals surface area (Å²) in [5.74, 6) is -0.464. The molecule has 1 aromatic heterocycles. The smallest absolute Gasteiger partial charge is 0.331 e. The number of rotatable bonds is 6. The van der Waals surface area contributed by atoms with E-state index in [0.717, 1.165) is 27.6 Å². The van der Waals surface area contributed by atoms with Gasteiger partial charge in [-0.2, -0.15) is 0 Å². The topological polar surface area (TPSA) is 31.2 Å². The molecule has 0 amide bonds. The highest BCUT2D eigenvalue weighted by molar-refractivity contribution is 6.35. The van der Waals surface area contributed by atoms with Crippen LogP contribution in [0, 0.1) is 6.92 Å². The average molecular weight is 519 g/mol. The van der Waals surface area contributed by atoms with Gasteiger partial charge in [0, 0.05) is 49.9 Å². The molecule has 0 aliphatic carbocycles. The van der Waals surface area contributed by atoms with E-state index in [4.69, 9.17) is 51.1 Å². The largest absolute Gasteiger partial charge is 0.458 e. The van der Waals surface area contributed by atoms with Crippen LogP contribution in [0.2, 0.25) is 20.1 Å². The number of hydrogen-bond acceptors (Lipinski definition) is 2. The van der Waals surface area contributed by atoms with Crippen molar-refractivity contribution in [3.63, 3.8) is 0 Å². The number of esters is 1. The maximum atomic E-state index is 12.3. The first-order chi connectivity index (χ1) is 15.8. The third-order valence-electron chi connectivity index (χ3n) is 5.27. The van der Waals surface area contributed by atoms with Crippen LogP contribution < -0.4 is 0 Å². The molecule has 33 heavy (non-hydrogen) atoms. The van der Waals surface area contributed by atoms with E-state index in [1.807, 2.05) is 24.3 Å². The Kier molecular flexibility index (Phi) is 7.35. The van der Waals surface area contributed by atoms with Gasteiger partial charge in [-0.05, 0) is 54.0 Å². The minimum atomic E-state index is -0.464. The zero-order chi connectivity index (χ0) is 23.5. The Morgan fingerprint density at radius 2 is 1.61 bits per heavy atom. The molecule has 0 fully saturated rings. The van der Waals surface area contributed by atoms with E-state index in [2.05, 4.69) is 23.8 Å². The van der Waals surface area contributed by atoms with Gasteiger partial charge in [0.05, 0.1) is 5.52 Å². The number of ether oxygens (including phenoxy) is 1. The van der Waals surface area contributed by atoms with Gasteiger partial charge in [-0.1, -0.05) is 76.7 Å². The molecule has 0 saturated heterocycles. The number of carbonyl (C=O) groups excluding carboxylic acids is 1. The molecule has 4 rings (SSSR count). The predicted octanol–water partition coefficient (Wildman–Crippen LogP) is 8.37. The van der Waals surface area contributed by atoms with Crippen LogP contribution in [-0.4, -0.2) is 10.5 Å². The predicted molar refractivity (Wildman–Crippen MR) is 138 cm³/mol. The summed E-state index contributed by atoms with van der Waals surface area (Å²) in [6, 6.07) is 16.5. The van der Waals surface area contributed by atoms with Crippen molar-refractivity contribution < 1.29 is 9.53 Å². The number of hydrogen-bond donors (Lipinski definition) is 0. The van der Waals surface area contributed by atoms with Gasteiger partial charge in [-0.25, -0.2) is 4.79 Å². The standard InChI is InChI=1S/C26H19Cl4NO2/c1-16-13-31(14-18-5-8-20(27)11-23(18)29)26-17(3-2-4-22(16)26)7-10-25(32)33-15-19-6-9-21(28)12-24(19)30/h2-13H,14-15H2,1H3. The summed E-state index contributed by atoms with van der Waals surface area (Å²) >= 11 is 24.5. The van der Waals surface area contributed by atoms with Crippen LogP contribution in [0.3, 0.4) is 0 Å². The molecule has 0 aliphatic heterocycles. The number of nitrogens with zero attached hydrogens (tertiary/aromatic N) is 1. The summed E-state index contributed by atoms with van der Waals surface area (Å²) < 4.78 is 7.47. The summed E-state index contributed by atoms with van der Waals surface area (Å²) in [5.41, 5.74) is 4.67. The van der Waals surface area contributed by atoms with E-state index in [0.29, 0.717) is 32.2 Å². The van der Waals surface area contributed by atoms with Gasteiger partial charge in [0.25, 0.3) is 0 Å². The second-order valence-electron chi connectivity index (χ2n) is 7.60. The molecular formula is C26H19Cl4NO2. The Balaban J connectivity index is 1.57. The van der Waals surface area contributed by atoms with Crippen LogP contribution in [-0.2, 0) is 22.7 Å². The Labute approximate surface area is 212 Å². The number of benzene rings is 3. The number of aryl methyl sites for hydroxylation is 1. The van der Waals surface area contributed by atoms with Gasteiger partial charge in [0.15, 0.2) is 0 Å². The first-order valence-electron chi connectivity index (χ1n) is 10.1. The van der Waals surface area contributed by atoms with Gasteiger partial charge in [0.2, 0.25) is 0 Å². The Bertz CT molecular complexity index is 1370. The van der Waals surface area contributed by atoms with Crippen molar-refractivity contribution in [2.75, 3.05) is 0 Å². The molecule has 0 saturated carbocycles. The van der Waals surface area contributed by atoms with Crippen LogP contribution >= 0.6 is 46.4 Å². The normalized spacial score (nSPS) is 11.4. The van der Waals surface area contributed by atoms with Crippen molar-refractivity contribution in [1.29, 1.82) is 0 Å². The van der Waals surface area contributed by atoms with Crippen molar-refractivity contribution in [1.82, 2.24) is 4.57 Å². The van der Waals surface area contributed by atoms with Crippen LogP contribution in [0.1, 0.15) is 22.3 Å². The zero-order valence-corrected chi connectivity index (χ0v) is 20.6. The summed E-state index contributed by atoms with van der Waals surface area (Å²) in [6.45, 7) is 2.69. The quantitative estimate of drug-likeness (QED) is 0.189. The molecule has 0 unspecified atom stereocenters. The highest BCUT2D eigenvalue weighted by atomic mass is 35.5. The van der Waals surface area contributed by atoms with Crippen LogP contribution in [0.25, 0.3) is 17.0 Å². The number of para-hydroxylation sites is 1. The number of carbonyl (C=O) groups is 1. The summed E-state index contributed by atoms with van der Waals surface area (Å²) in [4.78, 5) is 12.3. The maximum absolute atomic E-state index is 12.3. The fourth-order valence-corrected chi connectivity index (χ4v) is 4.59. The number of fused-ring (bicyclic) bond motifs is 1. The lowest BCUT2D eigenvalue weighted by atomic mass is 10.1. The molecule has 0 atom stereocenters. The van der Waals surface area contributed by atoms with Gasteiger partial charge < -0.3 is 9.30 Å². The second-order valence-corrected chi connectivity index (χ2v) is 9.28. The number of halogens is 4. The van der Waals surface area contributed by atoms with Crippen molar-refractivity contribution in [2.45, 2.75) is 20.1 Å². The molecule has 3 nitrogen and oxygen atoms in total. The molecule has 1 heterocycles. The number of aromatic nitrogens is 1. The molecule has 7 heteroatoms. The zero-order valence-electron chi connectivity index (χ0n) is 17.6. The molecule has 0 bridgehead atoms. The van der Waals surface area contributed by atoms with Crippen molar-refractivity contribution >= 4 is 69.4 Å². The van der Waals surface area contributed by atoms with Crippen molar-refractivity contribution in [2.24, 2.45) is 0 Å². The first-order valence-corrected chi connectivity index (χ1v) is 11.6. The third kappa shape index (κ3) is 5.56. The molecular weight excluding hydrogens is 500 g/mol. The van der Waals surface area contributed by atoms with Crippen LogP contribution in [0.5, 0.6) is 0 Å². The molecule has 4 aromatic rings. The van der Waals surface area contributed by atoms with E-state index in [9.17, 15) is 4.79 Å². The minimum Gasteiger partial charge on any atom is -0.458 e. The van der Waals surface area contributed by atoms with Gasteiger partial charge in [-0.3, -0.25) is 0 Å². The van der Waals surface area contributed by atoms with Crippen molar-refractivity contribution in [3.05, 3.63) is 109 Å². The van der Waals surface area contributed by atoms with E-state index >= 15 is 0 Å². The van der Waals surface area contributed by atoms with Gasteiger partial charge in [0.1, 0.15) is 6.61 Å². The van der Waals surface area contributed by atoms with E-state index in [1.165, 1.54) is 6.08 Å². The summed E-state index contributed by atoms with van der Waals surface area (Å²) in [5, 5.41) is 3.29. The van der Waals surface area contributed by atoms with Gasteiger partial charge >= 0.3 is 5.97 Å². The minimum absolute atomic E-state index is 0.0634. The lowest BCUT2D eigenvalue weighted by Crippen LogP contribution is -2.02. The third-order valence-corrected chi connectivity index (χ3v) is 6.44. The molecule has 0 radical (unpaired) electrons. The Morgan fingerprint density at radius 1 is 0.939 bits per heavy atom. The average Bonchev–Trinajstić information content (AvgIpc) is 3.09. The fraction of sp³-hybridized carbons (Fsp3) is 0.115. The Hall–Kier alpha value is -2.43. The van der Waals surface area contributed by atoms with Crippen LogP contribution in [0.15, 0.2) is 66.9 Å². The summed E-state index contributed by atoms with van der Waals surface area (Å²) in [7, 11) is 0. The highest BCUT2D eigenvalue weighted by Gasteiger charge is 2.11. The van der Waals surface area contributed by atoms with Crippen LogP contribution in [0.4, 0.5) is 0 Å². The molecule has 168 valence electrons. The van der Waals surface area contributed by atoms with E-state index < -0.39 is 5.97 Å². The highest BCUT2D eigenvalue weighted by Crippen LogP contribution is 2.29. The van der Waals surface area contributed by atoms with Gasteiger partial charge in [-0.15, -0.1) is 0 Å². The lowest BCUT2D eigenvalue weighted by Gasteiger charge is -2.10. The van der Waals surface area contributed by atoms with E-state index in [1.54, 1.807) is 30.3 Å². The SMILES string of the molecule is Cc1cn(Cc2ccc(Cl)cc2Cl)c2c(C=CC(=O)OCc3ccc(Cl)cc3Cl)cccc12. The first kappa shape index (κ1) is 23.7. The van der Waals surface area contributed by atoms with E-state index in [-0.39, 0.29) is 6.61 Å². The molecule has 0 N–H and O–H groups in total. The lowest BCUT2D eigenvalue weighted by molar-refractivity contribution is -0.138. The Morgan fingerprint density at radius 3 is 2.27 bits per heavy atom. The molecule has 0 aliphatic rings.